The standard InChI is InChI=1S/C21H23N3O2S/c1-14-12-24(5-6-26-14)13-20(25)9-19-8-18-7-16(3-4-17(18)10-23-19)21-11-22-15(2)27-21/h3-4,7-8,10-11,14H,5-6,9,12-13H2,1-2H3/i5D2,6D2,12D2,14D. The van der Waals surface area contributed by atoms with Gasteiger partial charge in [-0.25, -0.2) is 4.98 Å². The van der Waals surface area contributed by atoms with Gasteiger partial charge in [0.1, 0.15) is 0 Å². The molecular formula is C21H23N3O2S. The molecule has 140 valence electrons. The first-order valence-electron chi connectivity index (χ1n) is 12.0. The Hall–Kier alpha value is -2.15. The summed E-state index contributed by atoms with van der Waals surface area (Å²) in [5.74, 6) is -0.567. The first-order valence-corrected chi connectivity index (χ1v) is 9.27. The van der Waals surface area contributed by atoms with Crippen LogP contribution in [-0.2, 0) is 16.0 Å². The second-order valence-electron chi connectivity index (χ2n) is 6.27. The average Bonchev–Trinajstić information content (AvgIpc) is 3.16. The number of aromatic nitrogens is 2. The second-order valence-corrected chi connectivity index (χ2v) is 7.50. The molecule has 1 aliphatic rings. The molecule has 1 aliphatic heterocycles. The lowest BCUT2D eigenvalue weighted by Gasteiger charge is -2.30. The van der Waals surface area contributed by atoms with E-state index in [0.29, 0.717) is 10.6 Å². The van der Waals surface area contributed by atoms with Crippen molar-refractivity contribution < 1.29 is 19.1 Å². The topological polar surface area (TPSA) is 55.3 Å². The fraction of sp³-hybridized carbons (Fsp3) is 0.381. The Balaban J connectivity index is 1.58. The maximum atomic E-state index is 12.9. The number of carbonyl (C=O) groups is 1. The van der Waals surface area contributed by atoms with Crippen LogP contribution in [-0.4, -0.2) is 52.8 Å². The molecule has 0 bridgehead atoms. The molecule has 0 spiro atoms. The van der Waals surface area contributed by atoms with E-state index in [9.17, 15) is 4.79 Å². The van der Waals surface area contributed by atoms with Crippen molar-refractivity contribution in [1.82, 2.24) is 14.9 Å². The number of ether oxygens (including phenoxy) is 1. The molecule has 1 atom stereocenters. The van der Waals surface area contributed by atoms with Gasteiger partial charge in [-0.05, 0) is 36.9 Å². The van der Waals surface area contributed by atoms with E-state index in [4.69, 9.17) is 14.3 Å². The van der Waals surface area contributed by atoms with Crippen LogP contribution < -0.4 is 0 Å². The SMILES string of the molecule is [2H]C1([2H])OC([2H])(C)C([2H])([2H])N(CC(=O)Cc2cc3cc(-c4cnc(C)s4)ccc3cn2)C1([2H])[2H]. The van der Waals surface area contributed by atoms with Crippen LogP contribution in [0.1, 0.15) is 27.2 Å². The Morgan fingerprint density at radius 2 is 2.26 bits per heavy atom. The number of hydrogen-bond donors (Lipinski definition) is 0. The van der Waals surface area contributed by atoms with Crippen molar-refractivity contribution >= 4 is 27.9 Å². The molecule has 6 heteroatoms. The number of thiazole rings is 1. The number of benzene rings is 1. The summed E-state index contributed by atoms with van der Waals surface area (Å²) < 4.78 is 61.2. The molecule has 1 saturated heterocycles. The summed E-state index contributed by atoms with van der Waals surface area (Å²) in [6.45, 7) is -6.57. The number of fused-ring (bicyclic) bond motifs is 1. The maximum Gasteiger partial charge on any atom is 0.152 e. The van der Waals surface area contributed by atoms with Gasteiger partial charge in [-0.1, -0.05) is 12.1 Å². The molecule has 4 rings (SSSR count). The van der Waals surface area contributed by atoms with Crippen molar-refractivity contribution in [2.24, 2.45) is 0 Å². The summed E-state index contributed by atoms with van der Waals surface area (Å²) in [6, 6.07) is 7.61. The highest BCUT2D eigenvalue weighted by atomic mass is 32.1. The summed E-state index contributed by atoms with van der Waals surface area (Å²) in [6.07, 6.45) is 0.790. The molecule has 3 aromatic rings. The first-order chi connectivity index (χ1) is 15.6. The Morgan fingerprint density at radius 3 is 3.07 bits per heavy atom. The molecule has 0 aliphatic carbocycles. The largest absolute Gasteiger partial charge is 0.376 e. The highest BCUT2D eigenvalue weighted by molar-refractivity contribution is 7.15. The van der Waals surface area contributed by atoms with E-state index in [1.165, 1.54) is 0 Å². The number of hydrogen-bond acceptors (Lipinski definition) is 6. The molecule has 2 aromatic heterocycles. The number of ketones is 1. The summed E-state index contributed by atoms with van der Waals surface area (Å²) in [5, 5.41) is 2.68. The third kappa shape index (κ3) is 4.40. The summed E-state index contributed by atoms with van der Waals surface area (Å²) in [5.41, 5.74) is 1.40. The van der Waals surface area contributed by atoms with E-state index in [0.717, 1.165) is 33.1 Å². The Bertz CT molecular complexity index is 1240. The number of rotatable bonds is 5. The Labute approximate surface area is 172 Å². The van der Waals surface area contributed by atoms with Crippen LogP contribution in [0.2, 0.25) is 0 Å². The minimum absolute atomic E-state index is 0.207. The zero-order valence-corrected chi connectivity index (χ0v) is 15.8. The monoisotopic (exact) mass is 388 g/mol. The fourth-order valence-electron chi connectivity index (χ4n) is 2.84. The molecule has 0 amide bonds. The van der Waals surface area contributed by atoms with Gasteiger partial charge in [0.2, 0.25) is 0 Å². The van der Waals surface area contributed by atoms with Crippen molar-refractivity contribution in [3.63, 3.8) is 0 Å². The Kier molecular flexibility index (Phi) is 3.38. The number of aryl methyl sites for hydroxylation is 1. The van der Waals surface area contributed by atoms with E-state index >= 15 is 0 Å². The van der Waals surface area contributed by atoms with Crippen molar-refractivity contribution in [2.45, 2.75) is 26.3 Å². The van der Waals surface area contributed by atoms with Gasteiger partial charge in [-0.15, -0.1) is 11.3 Å². The van der Waals surface area contributed by atoms with Crippen LogP contribution >= 0.6 is 11.3 Å². The fourth-order valence-corrected chi connectivity index (χ4v) is 3.61. The van der Waals surface area contributed by atoms with Gasteiger partial charge >= 0.3 is 0 Å². The predicted octanol–water partition coefficient (Wildman–Crippen LogP) is 3.50. The van der Waals surface area contributed by atoms with Crippen molar-refractivity contribution in [1.29, 1.82) is 0 Å². The van der Waals surface area contributed by atoms with Crippen LogP contribution in [0.3, 0.4) is 0 Å². The first kappa shape index (κ1) is 11.6. The third-order valence-corrected chi connectivity index (χ3v) is 5.04. The quantitative estimate of drug-likeness (QED) is 0.670. The van der Waals surface area contributed by atoms with Crippen LogP contribution in [0, 0.1) is 6.92 Å². The van der Waals surface area contributed by atoms with Gasteiger partial charge in [-0.2, -0.15) is 0 Å². The molecule has 0 saturated carbocycles. The molecular weight excluding hydrogens is 358 g/mol. The van der Waals surface area contributed by atoms with Crippen LogP contribution in [0.25, 0.3) is 21.2 Å². The minimum atomic E-state index is -3.00. The van der Waals surface area contributed by atoms with Crippen molar-refractivity contribution in [3.8, 4) is 10.4 Å². The van der Waals surface area contributed by atoms with Crippen LogP contribution in [0.5, 0.6) is 0 Å². The van der Waals surface area contributed by atoms with E-state index in [1.54, 1.807) is 29.8 Å². The van der Waals surface area contributed by atoms with Gasteiger partial charge in [0.05, 0.1) is 39.6 Å². The van der Waals surface area contributed by atoms with Gasteiger partial charge in [0.15, 0.2) is 5.78 Å². The molecule has 1 fully saturated rings. The molecule has 0 radical (unpaired) electrons. The van der Waals surface area contributed by atoms with E-state index in [-0.39, 0.29) is 6.42 Å². The molecule has 27 heavy (non-hydrogen) atoms. The molecule has 0 N–H and O–H groups in total. The zero-order valence-electron chi connectivity index (χ0n) is 21.9. The molecule has 3 heterocycles. The van der Waals surface area contributed by atoms with Crippen molar-refractivity contribution in [3.05, 3.63) is 47.4 Å². The predicted molar refractivity (Wildman–Crippen MR) is 108 cm³/mol. The summed E-state index contributed by atoms with van der Waals surface area (Å²) in [4.78, 5) is 22.9. The number of pyridine rings is 1. The lowest BCUT2D eigenvalue weighted by atomic mass is 10.1. The van der Waals surface area contributed by atoms with Gasteiger partial charge in [-0.3, -0.25) is 14.7 Å². The smallest absolute Gasteiger partial charge is 0.152 e. The zero-order chi connectivity index (χ0) is 25.1. The third-order valence-electron chi connectivity index (χ3n) is 4.07. The molecule has 5 nitrogen and oxygen atoms in total. The van der Waals surface area contributed by atoms with E-state index in [2.05, 4.69) is 9.97 Å². The van der Waals surface area contributed by atoms with E-state index in [1.807, 2.05) is 25.1 Å². The number of Topliss-reactive ketones (excluding diaryl/α,β-unsaturated/α-hetero) is 1. The highest BCUT2D eigenvalue weighted by Crippen LogP contribution is 2.28. The Morgan fingerprint density at radius 1 is 1.37 bits per heavy atom. The van der Waals surface area contributed by atoms with Crippen molar-refractivity contribution in [2.75, 3.05) is 26.1 Å². The van der Waals surface area contributed by atoms with Crippen LogP contribution in [0.15, 0.2) is 36.7 Å². The van der Waals surface area contributed by atoms with E-state index < -0.39 is 38.0 Å². The number of morpholine rings is 1. The normalized spacial score (nSPS) is 30.2. The highest BCUT2D eigenvalue weighted by Gasteiger charge is 2.19. The summed E-state index contributed by atoms with van der Waals surface area (Å²) in [7, 11) is 0. The maximum absolute atomic E-state index is 12.9. The number of carbonyl (C=O) groups excluding carboxylic acids is 1. The molecule has 1 aromatic carbocycles. The van der Waals surface area contributed by atoms with Crippen LogP contribution in [0.4, 0.5) is 0 Å². The summed E-state index contributed by atoms with van der Waals surface area (Å²) >= 11 is 1.57. The number of nitrogens with zero attached hydrogens (tertiary/aromatic N) is 3. The minimum Gasteiger partial charge on any atom is -0.376 e. The second kappa shape index (κ2) is 7.84. The lowest BCUT2D eigenvalue weighted by molar-refractivity contribution is -0.121. The lowest BCUT2D eigenvalue weighted by Crippen LogP contribution is -2.43. The van der Waals surface area contributed by atoms with Gasteiger partial charge in [0.25, 0.3) is 0 Å². The average molecular weight is 389 g/mol. The van der Waals surface area contributed by atoms with Gasteiger partial charge in [0, 0.05) is 42.0 Å². The van der Waals surface area contributed by atoms with Gasteiger partial charge < -0.3 is 4.74 Å². The molecule has 1 unspecified atom stereocenters.